The maximum Gasteiger partial charge on any atom is 0.0894 e. The van der Waals surface area contributed by atoms with Crippen LogP contribution >= 0.6 is 0 Å². The Balaban J connectivity index is 3.74. The van der Waals surface area contributed by atoms with Crippen molar-refractivity contribution in [3.63, 3.8) is 0 Å². The van der Waals surface area contributed by atoms with Gasteiger partial charge >= 0.3 is 0 Å². The molecular formula is C9H16FNO. The first kappa shape index (κ1) is 11.3. The Morgan fingerprint density at radius 1 is 1.75 bits per heavy atom. The zero-order chi connectivity index (χ0) is 9.56. The number of nitrogens with two attached hydrogens (primary N) is 1. The normalized spacial score (nSPS) is 14.5. The van der Waals surface area contributed by atoms with Gasteiger partial charge in [0, 0.05) is 6.54 Å². The van der Waals surface area contributed by atoms with Gasteiger partial charge in [0.1, 0.15) is 0 Å². The second kappa shape index (κ2) is 5.91. The van der Waals surface area contributed by atoms with Gasteiger partial charge in [-0.25, -0.2) is 4.39 Å². The van der Waals surface area contributed by atoms with Crippen molar-refractivity contribution in [2.24, 2.45) is 5.73 Å². The van der Waals surface area contributed by atoms with E-state index in [9.17, 15) is 4.39 Å². The van der Waals surface area contributed by atoms with Gasteiger partial charge in [0.2, 0.25) is 0 Å². The third kappa shape index (κ3) is 4.26. The second-order valence-electron chi connectivity index (χ2n) is 2.77. The molecule has 0 amide bonds. The summed E-state index contributed by atoms with van der Waals surface area (Å²) in [5.41, 5.74) is 6.62. The number of hydrogen-bond donors (Lipinski definition) is 1. The van der Waals surface area contributed by atoms with Gasteiger partial charge in [0.05, 0.1) is 19.0 Å². The van der Waals surface area contributed by atoms with Crippen LogP contribution in [0.4, 0.5) is 4.39 Å². The van der Waals surface area contributed by atoms with Crippen molar-refractivity contribution < 1.29 is 9.13 Å². The maximum atomic E-state index is 12.0. The molecule has 0 aliphatic heterocycles. The van der Waals surface area contributed by atoms with E-state index in [1.807, 2.05) is 13.8 Å². The van der Waals surface area contributed by atoms with Crippen LogP contribution in [0, 0.1) is 0 Å². The molecule has 12 heavy (non-hydrogen) atoms. The lowest BCUT2D eigenvalue weighted by atomic mass is 10.2. The Morgan fingerprint density at radius 3 is 2.67 bits per heavy atom. The molecular weight excluding hydrogens is 157 g/mol. The first-order valence-corrected chi connectivity index (χ1v) is 3.87. The molecule has 0 bridgehead atoms. The van der Waals surface area contributed by atoms with Crippen LogP contribution in [0.3, 0.4) is 0 Å². The van der Waals surface area contributed by atoms with E-state index in [0.717, 1.165) is 5.57 Å². The fourth-order valence-corrected chi connectivity index (χ4v) is 0.509. The van der Waals surface area contributed by atoms with Gasteiger partial charge in [-0.15, -0.1) is 0 Å². The highest BCUT2D eigenvalue weighted by Crippen LogP contribution is 2.04. The molecule has 0 aliphatic rings. The Labute approximate surface area is 72.9 Å². The lowest BCUT2D eigenvalue weighted by molar-refractivity contribution is 0.108. The van der Waals surface area contributed by atoms with Crippen LogP contribution < -0.4 is 5.73 Å². The summed E-state index contributed by atoms with van der Waals surface area (Å²) in [6.45, 7) is 7.88. The van der Waals surface area contributed by atoms with Gasteiger partial charge in [-0.2, -0.15) is 0 Å². The fraction of sp³-hybridized carbons (Fsp3) is 0.556. The molecule has 0 spiro atoms. The van der Waals surface area contributed by atoms with Crippen LogP contribution in [0.25, 0.3) is 0 Å². The highest BCUT2D eigenvalue weighted by Gasteiger charge is 2.03. The van der Waals surface area contributed by atoms with E-state index in [4.69, 9.17) is 10.5 Å². The molecule has 0 aliphatic carbocycles. The fourth-order valence-electron chi connectivity index (χ4n) is 0.509. The SMILES string of the molecule is C=C(C)[C@H](C)OC/C(=C/F)CN. The summed E-state index contributed by atoms with van der Waals surface area (Å²) in [5.74, 6) is 0. The molecule has 0 aromatic rings. The van der Waals surface area contributed by atoms with Gasteiger partial charge in [-0.1, -0.05) is 12.2 Å². The van der Waals surface area contributed by atoms with Crippen molar-refractivity contribution in [3.05, 3.63) is 24.1 Å². The third-order valence-corrected chi connectivity index (χ3v) is 1.63. The monoisotopic (exact) mass is 173 g/mol. The second-order valence-corrected chi connectivity index (χ2v) is 2.77. The Kier molecular flexibility index (Phi) is 5.58. The summed E-state index contributed by atoms with van der Waals surface area (Å²) in [7, 11) is 0. The van der Waals surface area contributed by atoms with Crippen molar-refractivity contribution in [3.8, 4) is 0 Å². The standard InChI is InChI=1S/C9H16FNO/c1-7(2)8(3)12-6-9(4-10)5-11/h4,8H,1,5-6,11H2,2-3H3/b9-4+/t8-/m0/s1. The van der Waals surface area contributed by atoms with Crippen LogP contribution in [0.5, 0.6) is 0 Å². The molecule has 2 N–H and O–H groups in total. The highest BCUT2D eigenvalue weighted by molar-refractivity contribution is 5.01. The van der Waals surface area contributed by atoms with Crippen LogP contribution in [0.1, 0.15) is 13.8 Å². The molecule has 70 valence electrons. The Morgan fingerprint density at radius 2 is 2.33 bits per heavy atom. The van der Waals surface area contributed by atoms with Gasteiger partial charge in [0.25, 0.3) is 0 Å². The smallest absolute Gasteiger partial charge is 0.0894 e. The molecule has 0 aromatic heterocycles. The van der Waals surface area contributed by atoms with E-state index in [1.54, 1.807) is 0 Å². The van der Waals surface area contributed by atoms with Gasteiger partial charge < -0.3 is 10.5 Å². The number of ether oxygens (including phenoxy) is 1. The van der Waals surface area contributed by atoms with Crippen molar-refractivity contribution in [2.45, 2.75) is 20.0 Å². The number of halogens is 1. The van der Waals surface area contributed by atoms with Crippen LogP contribution in [0.2, 0.25) is 0 Å². The van der Waals surface area contributed by atoms with Gasteiger partial charge in [0.15, 0.2) is 0 Å². The topological polar surface area (TPSA) is 35.2 Å². The first-order chi connectivity index (χ1) is 5.61. The highest BCUT2D eigenvalue weighted by atomic mass is 19.1. The zero-order valence-electron chi connectivity index (χ0n) is 7.64. The van der Waals surface area contributed by atoms with E-state index in [2.05, 4.69) is 6.58 Å². The summed E-state index contributed by atoms with van der Waals surface area (Å²) in [4.78, 5) is 0. The van der Waals surface area contributed by atoms with Crippen LogP contribution in [0.15, 0.2) is 24.1 Å². The van der Waals surface area contributed by atoms with E-state index < -0.39 is 0 Å². The zero-order valence-corrected chi connectivity index (χ0v) is 7.64. The molecule has 0 fully saturated rings. The predicted molar refractivity (Wildman–Crippen MR) is 48.5 cm³/mol. The summed E-state index contributed by atoms with van der Waals surface area (Å²) in [6, 6.07) is 0. The minimum atomic E-state index is -0.0495. The Bertz CT molecular complexity index is 177. The third-order valence-electron chi connectivity index (χ3n) is 1.63. The van der Waals surface area contributed by atoms with Crippen molar-refractivity contribution in [1.82, 2.24) is 0 Å². The predicted octanol–water partition coefficient (Wildman–Crippen LogP) is 1.78. The summed E-state index contributed by atoms with van der Waals surface area (Å²) in [6.07, 6.45) is 0.442. The minimum absolute atomic E-state index is 0.0495. The lowest BCUT2D eigenvalue weighted by Crippen LogP contribution is -2.15. The lowest BCUT2D eigenvalue weighted by Gasteiger charge is -2.12. The Hall–Kier alpha value is -0.670. The molecule has 0 radical (unpaired) electrons. The molecule has 0 heterocycles. The summed E-state index contributed by atoms with van der Waals surface area (Å²) in [5, 5.41) is 0. The van der Waals surface area contributed by atoms with Crippen molar-refractivity contribution >= 4 is 0 Å². The largest absolute Gasteiger partial charge is 0.370 e. The number of rotatable bonds is 5. The molecule has 3 heteroatoms. The quantitative estimate of drug-likeness (QED) is 0.643. The molecule has 0 saturated carbocycles. The number of hydrogen-bond acceptors (Lipinski definition) is 2. The summed E-state index contributed by atoms with van der Waals surface area (Å²) >= 11 is 0. The average Bonchev–Trinajstić information content (AvgIpc) is 2.05. The van der Waals surface area contributed by atoms with Crippen molar-refractivity contribution in [1.29, 1.82) is 0 Å². The molecule has 0 rings (SSSR count). The van der Waals surface area contributed by atoms with Gasteiger partial charge in [-0.3, -0.25) is 0 Å². The van der Waals surface area contributed by atoms with E-state index >= 15 is 0 Å². The van der Waals surface area contributed by atoms with Crippen LogP contribution in [-0.2, 0) is 4.74 Å². The van der Waals surface area contributed by atoms with Crippen LogP contribution in [-0.4, -0.2) is 19.3 Å². The van der Waals surface area contributed by atoms with Gasteiger partial charge in [-0.05, 0) is 19.4 Å². The first-order valence-electron chi connectivity index (χ1n) is 3.87. The average molecular weight is 173 g/mol. The molecule has 0 saturated heterocycles. The van der Waals surface area contributed by atoms with E-state index in [-0.39, 0.29) is 19.3 Å². The minimum Gasteiger partial charge on any atom is -0.370 e. The molecule has 0 aromatic carbocycles. The van der Waals surface area contributed by atoms with E-state index in [0.29, 0.717) is 11.9 Å². The van der Waals surface area contributed by atoms with Crippen molar-refractivity contribution in [2.75, 3.05) is 13.2 Å². The van der Waals surface area contributed by atoms with E-state index in [1.165, 1.54) is 0 Å². The summed E-state index contributed by atoms with van der Waals surface area (Å²) < 4.78 is 17.2. The molecule has 2 nitrogen and oxygen atoms in total. The molecule has 1 atom stereocenters. The molecule has 0 unspecified atom stereocenters. The maximum absolute atomic E-state index is 12.0.